The first-order chi connectivity index (χ1) is 14.7. The molecule has 0 aromatic heterocycles. The molecule has 0 atom stereocenters. The van der Waals surface area contributed by atoms with Gasteiger partial charge in [-0.15, -0.1) is 0 Å². The van der Waals surface area contributed by atoms with Crippen LogP contribution in [0.1, 0.15) is 30.1 Å². The minimum atomic E-state index is -3.63. The van der Waals surface area contributed by atoms with Gasteiger partial charge in [0.2, 0.25) is 10.0 Å². The first kappa shape index (κ1) is 23.7. The average Bonchev–Trinajstić information content (AvgIpc) is 2.78. The lowest BCUT2D eigenvalue weighted by atomic mass is 9.93. The van der Waals surface area contributed by atoms with Gasteiger partial charge in [-0.3, -0.25) is 4.79 Å². The summed E-state index contributed by atoms with van der Waals surface area (Å²) < 4.78 is 33.0. The number of ether oxygens (including phenoxy) is 1. The Hall–Kier alpha value is -1.94. The number of nitrogens with zero attached hydrogens (tertiary/aromatic N) is 3. The summed E-state index contributed by atoms with van der Waals surface area (Å²) in [6.45, 7) is 10.1. The quantitative estimate of drug-likeness (QED) is 0.596. The summed E-state index contributed by atoms with van der Waals surface area (Å²) in [6.07, 6.45) is 0.891. The number of nitrogens with two attached hydrogens (primary N) is 1. The minimum Gasteiger partial charge on any atom is -0.401 e. The second kappa shape index (κ2) is 9.68. The third-order valence-corrected chi connectivity index (χ3v) is 9.27. The Morgan fingerprint density at radius 2 is 1.68 bits per heavy atom. The minimum absolute atomic E-state index is 0.0306. The molecule has 0 amide bonds. The second-order valence-corrected chi connectivity index (χ2v) is 10.6. The SMILES string of the molecule is C=C(N)C1(S(=O)(=O)N2CCN(c3ccc(C(C)=O)cc3)CC2)CCN(CCOC)CC1. The number of rotatable bonds is 8. The van der Waals surface area contributed by atoms with Gasteiger partial charge in [0.05, 0.1) is 6.61 Å². The fraction of sp³-hybridized carbons (Fsp3) is 0.591. The summed E-state index contributed by atoms with van der Waals surface area (Å²) in [5, 5.41) is 0. The molecule has 0 bridgehead atoms. The van der Waals surface area contributed by atoms with Crippen LogP contribution in [0.25, 0.3) is 0 Å². The molecule has 2 saturated heterocycles. The molecule has 0 radical (unpaired) electrons. The molecule has 2 heterocycles. The highest BCUT2D eigenvalue weighted by Gasteiger charge is 2.50. The van der Waals surface area contributed by atoms with Crippen molar-refractivity contribution < 1.29 is 17.9 Å². The zero-order valence-electron chi connectivity index (χ0n) is 18.5. The first-order valence-electron chi connectivity index (χ1n) is 10.7. The van der Waals surface area contributed by atoms with Crippen molar-refractivity contribution in [1.82, 2.24) is 9.21 Å². The van der Waals surface area contributed by atoms with Gasteiger partial charge in [0.15, 0.2) is 5.78 Å². The molecule has 0 saturated carbocycles. The normalized spacial score (nSPS) is 20.5. The van der Waals surface area contributed by atoms with Gasteiger partial charge >= 0.3 is 0 Å². The highest BCUT2D eigenvalue weighted by Crippen LogP contribution is 2.37. The standard InChI is InChI=1S/C22H34N4O4S/c1-18(27)20-4-6-21(7-5-20)25-12-14-26(15-13-25)31(28,29)22(19(2)23)8-10-24(11-9-22)16-17-30-3/h4-7H,2,8-17,23H2,1,3H3. The van der Waals surface area contributed by atoms with Crippen molar-refractivity contribution in [3.63, 3.8) is 0 Å². The van der Waals surface area contributed by atoms with E-state index in [1.165, 1.54) is 0 Å². The van der Waals surface area contributed by atoms with E-state index in [2.05, 4.69) is 16.4 Å². The van der Waals surface area contributed by atoms with Crippen molar-refractivity contribution in [2.45, 2.75) is 24.5 Å². The molecule has 9 heteroatoms. The molecule has 2 aliphatic rings. The molecule has 172 valence electrons. The van der Waals surface area contributed by atoms with E-state index in [4.69, 9.17) is 10.5 Å². The number of piperidine rings is 1. The maximum Gasteiger partial charge on any atom is 0.225 e. The predicted octanol–water partition coefficient (Wildman–Crippen LogP) is 1.29. The van der Waals surface area contributed by atoms with Crippen LogP contribution in [0.3, 0.4) is 0 Å². The van der Waals surface area contributed by atoms with Crippen molar-refractivity contribution in [2.24, 2.45) is 5.73 Å². The molecule has 31 heavy (non-hydrogen) atoms. The van der Waals surface area contributed by atoms with Gasteiger partial charge < -0.3 is 20.3 Å². The summed E-state index contributed by atoms with van der Waals surface area (Å²) in [5.74, 6) is 0.0306. The number of hydrogen-bond donors (Lipinski definition) is 1. The second-order valence-electron chi connectivity index (χ2n) is 8.35. The monoisotopic (exact) mass is 450 g/mol. The summed E-state index contributed by atoms with van der Waals surface area (Å²) >= 11 is 0. The fourth-order valence-corrected chi connectivity index (χ4v) is 6.61. The molecule has 1 aromatic rings. The number of carbonyl (C=O) groups is 1. The Morgan fingerprint density at radius 1 is 1.10 bits per heavy atom. The van der Waals surface area contributed by atoms with Crippen molar-refractivity contribution >= 4 is 21.5 Å². The van der Waals surface area contributed by atoms with E-state index in [0.717, 1.165) is 12.2 Å². The third-order valence-electron chi connectivity index (χ3n) is 6.57. The number of sulfonamides is 1. The Labute approximate surface area is 185 Å². The Kier molecular flexibility index (Phi) is 7.41. The molecular formula is C22H34N4O4S. The average molecular weight is 451 g/mol. The summed E-state index contributed by atoms with van der Waals surface area (Å²) in [6, 6.07) is 7.46. The van der Waals surface area contributed by atoms with Crippen LogP contribution < -0.4 is 10.6 Å². The van der Waals surface area contributed by atoms with Crippen LogP contribution in [0.15, 0.2) is 36.5 Å². The predicted molar refractivity (Wildman–Crippen MR) is 123 cm³/mol. The van der Waals surface area contributed by atoms with Gasteiger partial charge in [-0.05, 0) is 44.0 Å². The number of piperazine rings is 1. The number of carbonyl (C=O) groups excluding carboxylic acids is 1. The van der Waals surface area contributed by atoms with E-state index in [0.29, 0.717) is 64.3 Å². The molecule has 0 unspecified atom stereocenters. The maximum absolute atomic E-state index is 13.7. The Morgan fingerprint density at radius 3 is 2.16 bits per heavy atom. The number of methoxy groups -OCH3 is 1. The van der Waals surface area contributed by atoms with Gasteiger partial charge in [0.1, 0.15) is 4.75 Å². The third kappa shape index (κ3) is 4.79. The number of ketones is 1. The Balaban J connectivity index is 1.67. The first-order valence-corrected chi connectivity index (χ1v) is 12.2. The molecule has 2 fully saturated rings. The zero-order chi connectivity index (χ0) is 22.6. The van der Waals surface area contributed by atoms with E-state index in [1.807, 2.05) is 24.3 Å². The van der Waals surface area contributed by atoms with Crippen molar-refractivity contribution in [1.29, 1.82) is 0 Å². The number of Topliss-reactive ketones (excluding diaryl/α,β-unsaturated/α-hetero) is 1. The van der Waals surface area contributed by atoms with Gasteiger partial charge in [0.25, 0.3) is 0 Å². The molecule has 8 nitrogen and oxygen atoms in total. The molecule has 3 rings (SSSR count). The van der Waals surface area contributed by atoms with Crippen LogP contribution in [0, 0.1) is 0 Å². The van der Waals surface area contributed by atoms with Crippen molar-refractivity contribution in [2.75, 3.05) is 64.4 Å². The van der Waals surface area contributed by atoms with Crippen LogP contribution in [0.4, 0.5) is 5.69 Å². The van der Waals surface area contributed by atoms with E-state index in [-0.39, 0.29) is 11.5 Å². The number of likely N-dealkylation sites (tertiary alicyclic amines) is 1. The summed E-state index contributed by atoms with van der Waals surface area (Å²) in [4.78, 5) is 15.8. The number of anilines is 1. The van der Waals surface area contributed by atoms with Gasteiger partial charge in [-0.25, -0.2) is 8.42 Å². The van der Waals surface area contributed by atoms with Gasteiger partial charge in [-0.1, -0.05) is 6.58 Å². The smallest absolute Gasteiger partial charge is 0.225 e. The van der Waals surface area contributed by atoms with Crippen LogP contribution in [-0.2, 0) is 14.8 Å². The highest BCUT2D eigenvalue weighted by atomic mass is 32.2. The number of hydrogen-bond acceptors (Lipinski definition) is 7. The Bertz CT molecular complexity index is 885. The summed E-state index contributed by atoms with van der Waals surface area (Å²) in [7, 11) is -1.97. The van der Waals surface area contributed by atoms with Crippen molar-refractivity contribution in [3.05, 3.63) is 42.1 Å². The number of benzene rings is 1. The lowest BCUT2D eigenvalue weighted by molar-refractivity contribution is 0.101. The highest BCUT2D eigenvalue weighted by molar-refractivity contribution is 7.90. The molecule has 2 aliphatic heterocycles. The molecule has 1 aromatic carbocycles. The lowest BCUT2D eigenvalue weighted by Gasteiger charge is -2.45. The van der Waals surface area contributed by atoms with E-state index in [9.17, 15) is 13.2 Å². The zero-order valence-corrected chi connectivity index (χ0v) is 19.4. The molecule has 2 N–H and O–H groups in total. The maximum atomic E-state index is 13.7. The molecule has 0 aliphatic carbocycles. The van der Waals surface area contributed by atoms with E-state index < -0.39 is 14.8 Å². The van der Waals surface area contributed by atoms with Crippen LogP contribution >= 0.6 is 0 Å². The fourth-order valence-electron chi connectivity index (χ4n) is 4.44. The van der Waals surface area contributed by atoms with Crippen LogP contribution in [-0.4, -0.2) is 87.7 Å². The van der Waals surface area contributed by atoms with E-state index >= 15 is 0 Å². The van der Waals surface area contributed by atoms with Gasteiger partial charge in [0, 0.05) is 69.9 Å². The van der Waals surface area contributed by atoms with Crippen molar-refractivity contribution in [3.8, 4) is 0 Å². The van der Waals surface area contributed by atoms with Crippen LogP contribution in [0.2, 0.25) is 0 Å². The lowest BCUT2D eigenvalue weighted by Crippen LogP contribution is -2.60. The topological polar surface area (TPSA) is 96.2 Å². The van der Waals surface area contributed by atoms with Gasteiger partial charge in [-0.2, -0.15) is 4.31 Å². The largest absolute Gasteiger partial charge is 0.401 e. The van der Waals surface area contributed by atoms with Crippen LogP contribution in [0.5, 0.6) is 0 Å². The molecule has 0 spiro atoms. The summed E-state index contributed by atoms with van der Waals surface area (Å²) in [5.41, 5.74) is 8.02. The van der Waals surface area contributed by atoms with E-state index in [1.54, 1.807) is 18.3 Å². The molecular weight excluding hydrogens is 416 g/mol.